The Morgan fingerprint density at radius 2 is 1.77 bits per heavy atom. The summed E-state index contributed by atoms with van der Waals surface area (Å²) >= 11 is 0. The smallest absolute Gasteiger partial charge is 0.338 e. The highest BCUT2D eigenvalue weighted by Crippen LogP contribution is 2.60. The zero-order chi connectivity index (χ0) is 21.8. The molecule has 0 radical (unpaired) electrons. The minimum absolute atomic E-state index is 0.00941. The zero-order valence-electron chi connectivity index (χ0n) is 17.8. The molecule has 7 nitrogen and oxygen atoms in total. The number of hydrogen-bond acceptors (Lipinski definition) is 5. The second-order valence-electron chi connectivity index (χ2n) is 9.95. The summed E-state index contributed by atoms with van der Waals surface area (Å²) in [6.45, 7) is 1.77. The van der Waals surface area contributed by atoms with Crippen molar-refractivity contribution < 1.29 is 23.9 Å². The van der Waals surface area contributed by atoms with Gasteiger partial charge in [0.05, 0.1) is 18.7 Å². The number of Topliss-reactive ketones (excluding diaryl/α,β-unsaturated/α-hetero) is 1. The third kappa shape index (κ3) is 3.64. The second kappa shape index (κ2) is 7.46. The van der Waals surface area contributed by atoms with E-state index in [-0.39, 0.29) is 30.2 Å². The van der Waals surface area contributed by atoms with Crippen LogP contribution >= 0.6 is 0 Å². The number of carbonyl (C=O) groups excluding carboxylic acids is 4. The highest BCUT2D eigenvalue weighted by Gasteiger charge is 2.55. The first-order valence-corrected chi connectivity index (χ1v) is 11.3. The predicted molar refractivity (Wildman–Crippen MR) is 111 cm³/mol. The maximum Gasteiger partial charge on any atom is 0.338 e. The lowest BCUT2D eigenvalue weighted by atomic mass is 9.48. The minimum atomic E-state index is -0.779. The molecule has 5 aliphatic rings. The molecule has 7 heteroatoms. The number of imide groups is 1. The topological polar surface area (TPSA) is 92.8 Å². The van der Waals surface area contributed by atoms with E-state index >= 15 is 0 Å². The largest absolute Gasteiger partial charge is 0.451 e. The van der Waals surface area contributed by atoms with Gasteiger partial charge in [0.2, 0.25) is 5.91 Å². The molecule has 6 rings (SSSR count). The summed E-state index contributed by atoms with van der Waals surface area (Å²) in [4.78, 5) is 50.8. The Labute approximate surface area is 181 Å². The van der Waals surface area contributed by atoms with Crippen molar-refractivity contribution >= 4 is 23.7 Å². The fraction of sp³-hybridized carbons (Fsp3) is 0.583. The van der Waals surface area contributed by atoms with Crippen LogP contribution in [0.2, 0.25) is 0 Å². The van der Waals surface area contributed by atoms with E-state index < -0.39 is 18.1 Å². The van der Waals surface area contributed by atoms with Crippen LogP contribution in [0.15, 0.2) is 24.3 Å². The highest BCUT2D eigenvalue weighted by molar-refractivity contribution is 6.02. The normalized spacial score (nSPS) is 32.2. The van der Waals surface area contributed by atoms with Crippen molar-refractivity contribution in [3.8, 4) is 0 Å². The van der Waals surface area contributed by atoms with Crippen molar-refractivity contribution in [1.29, 1.82) is 0 Å². The number of amides is 3. The van der Waals surface area contributed by atoms with Gasteiger partial charge in [0, 0.05) is 5.41 Å². The standard InChI is InChI=1S/C24H28N2O5/c1-14(21(28)24-9-16-5-17(10-24)7-18(6-16)11-24)31-22(29)19-4-2-3-15(8-19)13-26-20(27)12-25-23(26)30/h2-4,8,14,16-18H,5-7,9-13H2,1H3,(H,25,30)/t14-,16?,17?,18?,24?/m0/s1. The number of ketones is 1. The fourth-order valence-corrected chi connectivity index (χ4v) is 6.72. The molecular weight excluding hydrogens is 396 g/mol. The van der Waals surface area contributed by atoms with E-state index in [1.54, 1.807) is 31.2 Å². The molecule has 164 valence electrons. The Hall–Kier alpha value is -2.70. The number of nitrogens with zero attached hydrogens (tertiary/aromatic N) is 1. The molecule has 4 bridgehead atoms. The molecular formula is C24H28N2O5. The predicted octanol–water partition coefficient (Wildman–Crippen LogP) is 3.07. The summed E-state index contributed by atoms with van der Waals surface area (Å²) in [6.07, 6.45) is 5.82. The Balaban J connectivity index is 1.25. The Morgan fingerprint density at radius 3 is 2.35 bits per heavy atom. The van der Waals surface area contributed by atoms with E-state index in [1.165, 1.54) is 19.3 Å². The number of urea groups is 1. The maximum atomic E-state index is 13.4. The number of esters is 1. The van der Waals surface area contributed by atoms with E-state index in [4.69, 9.17) is 4.74 Å². The monoisotopic (exact) mass is 424 g/mol. The first-order chi connectivity index (χ1) is 14.8. The summed E-state index contributed by atoms with van der Waals surface area (Å²) < 4.78 is 5.61. The van der Waals surface area contributed by atoms with E-state index in [1.807, 2.05) is 0 Å². The summed E-state index contributed by atoms with van der Waals surface area (Å²) in [5.74, 6) is 1.19. The van der Waals surface area contributed by atoms with E-state index in [0.29, 0.717) is 28.9 Å². The minimum Gasteiger partial charge on any atom is -0.451 e. The molecule has 1 aromatic rings. The van der Waals surface area contributed by atoms with Crippen LogP contribution in [0.3, 0.4) is 0 Å². The molecule has 0 aromatic heterocycles. The van der Waals surface area contributed by atoms with E-state index in [0.717, 1.165) is 24.2 Å². The Bertz CT molecular complexity index is 904. The lowest BCUT2D eigenvalue weighted by molar-refractivity contribution is -0.152. The molecule has 4 aliphatic carbocycles. The molecule has 1 saturated heterocycles. The first kappa shape index (κ1) is 20.2. The third-order valence-electron chi connectivity index (χ3n) is 7.65. The van der Waals surface area contributed by atoms with Gasteiger partial charge >= 0.3 is 12.0 Å². The summed E-state index contributed by atoms with van der Waals surface area (Å²) in [6, 6.07) is 6.24. The van der Waals surface area contributed by atoms with Crippen LogP contribution in [-0.4, -0.2) is 41.2 Å². The van der Waals surface area contributed by atoms with Gasteiger partial charge in [-0.05, 0) is 80.9 Å². The van der Waals surface area contributed by atoms with Crippen LogP contribution in [0, 0.1) is 23.2 Å². The van der Waals surface area contributed by atoms with Gasteiger partial charge in [-0.2, -0.15) is 0 Å². The third-order valence-corrected chi connectivity index (χ3v) is 7.65. The molecule has 0 spiro atoms. The summed E-state index contributed by atoms with van der Waals surface area (Å²) in [7, 11) is 0. The summed E-state index contributed by atoms with van der Waals surface area (Å²) in [5.41, 5.74) is 0.661. The molecule has 1 aliphatic heterocycles. The molecule has 1 atom stereocenters. The van der Waals surface area contributed by atoms with Crippen molar-refractivity contribution in [3.63, 3.8) is 0 Å². The van der Waals surface area contributed by atoms with Crippen molar-refractivity contribution in [2.75, 3.05) is 6.54 Å². The van der Waals surface area contributed by atoms with Gasteiger partial charge in [-0.15, -0.1) is 0 Å². The molecule has 4 saturated carbocycles. The second-order valence-corrected chi connectivity index (χ2v) is 9.95. The van der Waals surface area contributed by atoms with Gasteiger partial charge in [-0.25, -0.2) is 9.59 Å². The van der Waals surface area contributed by atoms with Crippen molar-refractivity contribution in [1.82, 2.24) is 10.2 Å². The van der Waals surface area contributed by atoms with Crippen LogP contribution in [-0.2, 0) is 20.9 Å². The molecule has 3 amide bonds. The average Bonchev–Trinajstić information content (AvgIpc) is 3.04. The first-order valence-electron chi connectivity index (χ1n) is 11.3. The van der Waals surface area contributed by atoms with Crippen LogP contribution < -0.4 is 5.32 Å². The van der Waals surface area contributed by atoms with Gasteiger partial charge in [-0.1, -0.05) is 12.1 Å². The molecule has 0 unspecified atom stereocenters. The number of carbonyl (C=O) groups is 4. The van der Waals surface area contributed by atoms with Gasteiger partial charge in [0.1, 0.15) is 0 Å². The van der Waals surface area contributed by atoms with Crippen LogP contribution in [0.5, 0.6) is 0 Å². The van der Waals surface area contributed by atoms with E-state index in [2.05, 4.69) is 5.32 Å². The fourth-order valence-electron chi connectivity index (χ4n) is 6.72. The number of nitrogens with one attached hydrogen (secondary N) is 1. The van der Waals surface area contributed by atoms with Crippen LogP contribution in [0.25, 0.3) is 0 Å². The van der Waals surface area contributed by atoms with Crippen LogP contribution in [0.1, 0.15) is 61.4 Å². The van der Waals surface area contributed by atoms with Crippen molar-refractivity contribution in [3.05, 3.63) is 35.4 Å². The molecule has 5 fully saturated rings. The van der Waals surface area contributed by atoms with Gasteiger partial charge in [0.25, 0.3) is 0 Å². The maximum absolute atomic E-state index is 13.4. The van der Waals surface area contributed by atoms with Gasteiger partial charge in [-0.3, -0.25) is 14.5 Å². The molecule has 1 N–H and O–H groups in total. The van der Waals surface area contributed by atoms with Crippen LogP contribution in [0.4, 0.5) is 4.79 Å². The Morgan fingerprint density at radius 1 is 1.13 bits per heavy atom. The van der Waals surface area contributed by atoms with Crippen molar-refractivity contribution in [2.45, 2.75) is 58.1 Å². The highest BCUT2D eigenvalue weighted by atomic mass is 16.5. The Kier molecular flexibility index (Phi) is 4.87. The number of rotatable bonds is 6. The zero-order valence-corrected chi connectivity index (χ0v) is 17.8. The quantitative estimate of drug-likeness (QED) is 0.560. The lowest BCUT2D eigenvalue weighted by Gasteiger charge is -2.56. The van der Waals surface area contributed by atoms with E-state index in [9.17, 15) is 19.2 Å². The average molecular weight is 424 g/mol. The van der Waals surface area contributed by atoms with Gasteiger partial charge < -0.3 is 10.1 Å². The number of ether oxygens (including phenoxy) is 1. The van der Waals surface area contributed by atoms with Gasteiger partial charge in [0.15, 0.2) is 11.9 Å². The molecule has 31 heavy (non-hydrogen) atoms. The number of hydrogen-bond donors (Lipinski definition) is 1. The molecule has 1 heterocycles. The summed E-state index contributed by atoms with van der Waals surface area (Å²) in [5, 5.41) is 2.48. The molecule has 1 aromatic carbocycles. The number of benzene rings is 1. The SMILES string of the molecule is C[C@H](OC(=O)c1cccc(CN2C(=O)CNC2=O)c1)C(=O)C12CC3CC(CC(C3)C1)C2. The lowest BCUT2D eigenvalue weighted by Crippen LogP contribution is -2.52. The van der Waals surface area contributed by atoms with Crippen molar-refractivity contribution in [2.24, 2.45) is 23.2 Å².